The monoisotopic (exact) mass is 310 g/mol. The van der Waals surface area contributed by atoms with Crippen LogP contribution in [0.3, 0.4) is 0 Å². The molecule has 1 unspecified atom stereocenters. The summed E-state index contributed by atoms with van der Waals surface area (Å²) in [5.41, 5.74) is 0.863. The van der Waals surface area contributed by atoms with E-state index in [0.29, 0.717) is 17.4 Å². The SMILES string of the molecule is CCOP(=O)(Cc1ccc(Cl)cc1)Oc1ccccc1. The Labute approximate surface area is 124 Å². The van der Waals surface area contributed by atoms with Crippen LogP contribution in [0.15, 0.2) is 54.6 Å². The predicted octanol–water partition coefficient (Wildman–Crippen LogP) is 5.15. The van der Waals surface area contributed by atoms with Crippen molar-refractivity contribution in [2.75, 3.05) is 6.61 Å². The van der Waals surface area contributed by atoms with Crippen LogP contribution >= 0.6 is 19.2 Å². The van der Waals surface area contributed by atoms with Gasteiger partial charge in [0.25, 0.3) is 0 Å². The molecule has 0 radical (unpaired) electrons. The summed E-state index contributed by atoms with van der Waals surface area (Å²) in [4.78, 5) is 0. The van der Waals surface area contributed by atoms with Crippen LogP contribution in [-0.2, 0) is 15.3 Å². The largest absolute Gasteiger partial charge is 0.424 e. The summed E-state index contributed by atoms with van der Waals surface area (Å²) < 4.78 is 23.7. The van der Waals surface area contributed by atoms with Gasteiger partial charge in [0.05, 0.1) is 12.8 Å². The van der Waals surface area contributed by atoms with Gasteiger partial charge in [0.2, 0.25) is 0 Å². The molecule has 0 aliphatic heterocycles. The minimum Gasteiger partial charge on any atom is -0.424 e. The van der Waals surface area contributed by atoms with Crippen molar-refractivity contribution in [2.24, 2.45) is 0 Å². The van der Waals surface area contributed by atoms with Crippen LogP contribution in [0.2, 0.25) is 5.02 Å². The second-order valence-corrected chi connectivity index (χ2v) is 6.63. The van der Waals surface area contributed by atoms with Gasteiger partial charge in [-0.05, 0) is 36.8 Å². The van der Waals surface area contributed by atoms with E-state index >= 15 is 0 Å². The van der Waals surface area contributed by atoms with Crippen molar-refractivity contribution in [3.05, 3.63) is 65.2 Å². The first-order valence-corrected chi connectivity index (χ1v) is 8.44. The Hall–Kier alpha value is -1.28. The first-order chi connectivity index (χ1) is 9.61. The molecular weight excluding hydrogens is 295 g/mol. The molecule has 2 aromatic carbocycles. The highest BCUT2D eigenvalue weighted by atomic mass is 35.5. The van der Waals surface area contributed by atoms with E-state index in [1.165, 1.54) is 0 Å². The van der Waals surface area contributed by atoms with E-state index in [9.17, 15) is 4.57 Å². The van der Waals surface area contributed by atoms with Crippen LogP contribution in [0.1, 0.15) is 12.5 Å². The molecule has 2 rings (SSSR count). The molecule has 106 valence electrons. The highest BCUT2D eigenvalue weighted by Gasteiger charge is 2.26. The quantitative estimate of drug-likeness (QED) is 0.692. The third-order valence-corrected chi connectivity index (χ3v) is 4.75. The van der Waals surface area contributed by atoms with Gasteiger partial charge in [-0.3, -0.25) is 4.52 Å². The van der Waals surface area contributed by atoms with Crippen LogP contribution in [0.25, 0.3) is 0 Å². The topological polar surface area (TPSA) is 35.5 Å². The molecule has 0 aliphatic carbocycles. The van der Waals surface area contributed by atoms with Crippen molar-refractivity contribution >= 4 is 19.2 Å². The summed E-state index contributed by atoms with van der Waals surface area (Å²) in [5.74, 6) is 0.540. The Bertz CT molecular complexity index is 584. The molecule has 0 amide bonds. The molecule has 0 saturated carbocycles. The fourth-order valence-electron chi connectivity index (χ4n) is 1.76. The molecule has 3 nitrogen and oxygen atoms in total. The van der Waals surface area contributed by atoms with Gasteiger partial charge in [0.15, 0.2) is 0 Å². The number of halogens is 1. The molecule has 0 aliphatic rings. The molecule has 0 bridgehead atoms. The van der Waals surface area contributed by atoms with E-state index < -0.39 is 7.60 Å². The van der Waals surface area contributed by atoms with E-state index in [-0.39, 0.29) is 6.16 Å². The Kier molecular flexibility index (Phi) is 5.24. The predicted molar refractivity (Wildman–Crippen MR) is 81.5 cm³/mol. The zero-order valence-corrected chi connectivity index (χ0v) is 12.8. The molecular formula is C15H16ClO3P. The second kappa shape index (κ2) is 6.94. The molecule has 5 heteroatoms. The molecule has 0 heterocycles. The number of hydrogen-bond acceptors (Lipinski definition) is 3. The van der Waals surface area contributed by atoms with Gasteiger partial charge >= 0.3 is 7.60 Å². The fraction of sp³-hybridized carbons (Fsp3) is 0.200. The van der Waals surface area contributed by atoms with Crippen LogP contribution in [0.5, 0.6) is 5.75 Å². The van der Waals surface area contributed by atoms with Crippen molar-refractivity contribution in [1.82, 2.24) is 0 Å². The highest BCUT2D eigenvalue weighted by Crippen LogP contribution is 2.51. The van der Waals surface area contributed by atoms with Crippen molar-refractivity contribution in [3.8, 4) is 5.75 Å². The Morgan fingerprint density at radius 2 is 1.70 bits per heavy atom. The van der Waals surface area contributed by atoms with E-state index in [0.717, 1.165) is 5.56 Å². The third kappa shape index (κ3) is 4.38. The molecule has 0 aromatic heterocycles. The first-order valence-electron chi connectivity index (χ1n) is 6.34. The minimum atomic E-state index is -3.22. The van der Waals surface area contributed by atoms with Gasteiger partial charge in [-0.2, -0.15) is 0 Å². The number of para-hydroxylation sites is 1. The smallest absolute Gasteiger partial charge is 0.383 e. The van der Waals surface area contributed by atoms with E-state index in [2.05, 4.69) is 0 Å². The van der Waals surface area contributed by atoms with Crippen molar-refractivity contribution in [2.45, 2.75) is 13.1 Å². The lowest BCUT2D eigenvalue weighted by Crippen LogP contribution is -2.01. The van der Waals surface area contributed by atoms with Crippen molar-refractivity contribution in [3.63, 3.8) is 0 Å². The highest BCUT2D eigenvalue weighted by molar-refractivity contribution is 7.53. The normalized spacial score (nSPS) is 13.7. The lowest BCUT2D eigenvalue weighted by atomic mass is 10.2. The van der Waals surface area contributed by atoms with Gasteiger partial charge in [-0.1, -0.05) is 41.9 Å². The lowest BCUT2D eigenvalue weighted by molar-refractivity contribution is 0.278. The molecule has 1 atom stereocenters. The van der Waals surface area contributed by atoms with Gasteiger partial charge < -0.3 is 4.52 Å². The zero-order valence-electron chi connectivity index (χ0n) is 11.2. The third-order valence-electron chi connectivity index (χ3n) is 2.60. The minimum absolute atomic E-state index is 0.215. The Morgan fingerprint density at radius 3 is 2.30 bits per heavy atom. The van der Waals surface area contributed by atoms with Gasteiger partial charge in [0, 0.05) is 5.02 Å². The zero-order chi connectivity index (χ0) is 14.4. The summed E-state index contributed by atoms with van der Waals surface area (Å²) in [6.45, 7) is 2.13. The molecule has 0 saturated heterocycles. The summed E-state index contributed by atoms with van der Waals surface area (Å²) in [5, 5.41) is 0.643. The van der Waals surface area contributed by atoms with Crippen LogP contribution in [0, 0.1) is 0 Å². The second-order valence-electron chi connectivity index (χ2n) is 4.22. The average Bonchev–Trinajstić information content (AvgIpc) is 2.42. The van der Waals surface area contributed by atoms with Gasteiger partial charge in [-0.25, -0.2) is 4.57 Å². The van der Waals surface area contributed by atoms with Crippen LogP contribution < -0.4 is 4.52 Å². The van der Waals surface area contributed by atoms with Gasteiger partial charge in [-0.15, -0.1) is 0 Å². The van der Waals surface area contributed by atoms with Crippen LogP contribution in [0.4, 0.5) is 0 Å². The van der Waals surface area contributed by atoms with E-state index in [1.54, 1.807) is 31.2 Å². The van der Waals surface area contributed by atoms with E-state index in [1.807, 2.05) is 30.3 Å². The number of benzene rings is 2. The molecule has 20 heavy (non-hydrogen) atoms. The molecule has 0 N–H and O–H groups in total. The molecule has 0 fully saturated rings. The maximum atomic E-state index is 12.8. The lowest BCUT2D eigenvalue weighted by Gasteiger charge is -2.18. The number of rotatable bonds is 6. The fourth-order valence-corrected chi connectivity index (χ4v) is 3.59. The summed E-state index contributed by atoms with van der Waals surface area (Å²) in [7, 11) is -3.22. The van der Waals surface area contributed by atoms with Crippen molar-refractivity contribution < 1.29 is 13.6 Å². The summed E-state index contributed by atoms with van der Waals surface area (Å²) in [6, 6.07) is 16.2. The Balaban J connectivity index is 2.16. The maximum absolute atomic E-state index is 12.8. The van der Waals surface area contributed by atoms with Crippen LogP contribution in [-0.4, -0.2) is 6.61 Å². The molecule has 0 spiro atoms. The number of hydrogen-bond donors (Lipinski definition) is 0. The van der Waals surface area contributed by atoms with Crippen molar-refractivity contribution in [1.29, 1.82) is 0 Å². The molecule has 2 aromatic rings. The van der Waals surface area contributed by atoms with Gasteiger partial charge in [0.1, 0.15) is 5.75 Å². The summed E-state index contributed by atoms with van der Waals surface area (Å²) in [6.07, 6.45) is 0.215. The first kappa shape index (κ1) is 15.1. The standard InChI is InChI=1S/C15H16ClO3P/c1-2-18-20(17,19-15-6-4-3-5-7-15)12-13-8-10-14(16)11-9-13/h3-11H,2,12H2,1H3. The summed E-state index contributed by atoms with van der Waals surface area (Å²) >= 11 is 5.84. The average molecular weight is 311 g/mol. The van der Waals surface area contributed by atoms with E-state index in [4.69, 9.17) is 20.6 Å². The maximum Gasteiger partial charge on any atom is 0.383 e. The Morgan fingerprint density at radius 1 is 1.05 bits per heavy atom.